The highest BCUT2D eigenvalue weighted by atomic mass is 35.5. The quantitative estimate of drug-likeness (QED) is 0.893. The molecule has 0 aliphatic carbocycles. The number of nitrogens with two attached hydrogens (primary N) is 1. The third kappa shape index (κ3) is 2.29. The topological polar surface area (TPSA) is 61.0 Å². The van der Waals surface area contributed by atoms with Gasteiger partial charge < -0.3 is 10.5 Å². The predicted molar refractivity (Wildman–Crippen MR) is 63.4 cm³/mol. The summed E-state index contributed by atoms with van der Waals surface area (Å²) in [6, 6.07) is 4.01. The van der Waals surface area contributed by atoms with Crippen molar-refractivity contribution in [1.29, 1.82) is 0 Å². The van der Waals surface area contributed by atoms with Gasteiger partial charge in [0.15, 0.2) is 5.82 Å². The number of methoxy groups -OCH3 is 1. The van der Waals surface area contributed by atoms with Crippen LogP contribution >= 0.6 is 11.6 Å². The summed E-state index contributed by atoms with van der Waals surface area (Å²) in [6.45, 7) is 0. The maximum Gasteiger partial charge on any atom is 0.257 e. The molecule has 1 aromatic heterocycles. The van der Waals surface area contributed by atoms with Crippen LogP contribution in [-0.4, -0.2) is 17.1 Å². The molecule has 1 aromatic carbocycles. The summed E-state index contributed by atoms with van der Waals surface area (Å²) >= 11 is 5.96. The summed E-state index contributed by atoms with van der Waals surface area (Å²) < 4.78 is 18.1. The molecule has 0 fully saturated rings. The van der Waals surface area contributed by atoms with Crippen LogP contribution in [0.5, 0.6) is 5.88 Å². The van der Waals surface area contributed by atoms with Crippen molar-refractivity contribution in [1.82, 2.24) is 9.97 Å². The third-order valence-corrected chi connectivity index (χ3v) is 2.49. The molecular formula is C11H9ClFN3O. The number of anilines is 1. The van der Waals surface area contributed by atoms with Crippen molar-refractivity contribution in [3.63, 3.8) is 0 Å². The van der Waals surface area contributed by atoms with E-state index < -0.39 is 5.82 Å². The zero-order valence-electron chi connectivity index (χ0n) is 8.95. The SMILES string of the molecule is COc1nc(-c2cc(F)ccc2Cl)cnc1N. The molecule has 88 valence electrons. The lowest BCUT2D eigenvalue weighted by Gasteiger charge is -2.07. The van der Waals surface area contributed by atoms with Gasteiger partial charge >= 0.3 is 0 Å². The summed E-state index contributed by atoms with van der Waals surface area (Å²) in [7, 11) is 1.43. The molecule has 0 bridgehead atoms. The Morgan fingerprint density at radius 2 is 2.18 bits per heavy atom. The second-order valence-corrected chi connectivity index (χ2v) is 3.68. The predicted octanol–water partition coefficient (Wildman–Crippen LogP) is 2.53. The van der Waals surface area contributed by atoms with Crippen LogP contribution in [0.1, 0.15) is 0 Å². The number of nitrogens with zero attached hydrogens (tertiary/aromatic N) is 2. The fourth-order valence-corrected chi connectivity index (χ4v) is 1.57. The highest BCUT2D eigenvalue weighted by Gasteiger charge is 2.10. The molecule has 1 heterocycles. The monoisotopic (exact) mass is 253 g/mol. The minimum atomic E-state index is -0.401. The first-order chi connectivity index (χ1) is 8.11. The Labute approximate surface area is 102 Å². The Balaban J connectivity index is 2.56. The number of hydrogen-bond donors (Lipinski definition) is 1. The molecule has 0 radical (unpaired) electrons. The van der Waals surface area contributed by atoms with Gasteiger partial charge in [-0.05, 0) is 18.2 Å². The molecule has 0 aliphatic rings. The Morgan fingerprint density at radius 3 is 2.88 bits per heavy atom. The fourth-order valence-electron chi connectivity index (χ4n) is 1.36. The molecule has 0 spiro atoms. The molecule has 0 saturated carbocycles. The second-order valence-electron chi connectivity index (χ2n) is 3.27. The molecule has 0 saturated heterocycles. The lowest BCUT2D eigenvalue weighted by Crippen LogP contribution is -1.99. The minimum absolute atomic E-state index is 0.170. The Morgan fingerprint density at radius 1 is 1.41 bits per heavy atom. The van der Waals surface area contributed by atoms with E-state index in [9.17, 15) is 4.39 Å². The highest BCUT2D eigenvalue weighted by Crippen LogP contribution is 2.29. The van der Waals surface area contributed by atoms with E-state index in [4.69, 9.17) is 22.1 Å². The van der Waals surface area contributed by atoms with E-state index >= 15 is 0 Å². The van der Waals surface area contributed by atoms with Crippen LogP contribution < -0.4 is 10.5 Å². The van der Waals surface area contributed by atoms with Gasteiger partial charge in [0.2, 0.25) is 0 Å². The normalized spacial score (nSPS) is 10.3. The minimum Gasteiger partial charge on any atom is -0.478 e. The summed E-state index contributed by atoms with van der Waals surface area (Å²) in [6.07, 6.45) is 1.42. The summed E-state index contributed by atoms with van der Waals surface area (Å²) in [5.74, 6) is -0.0476. The second kappa shape index (κ2) is 4.55. The lowest BCUT2D eigenvalue weighted by atomic mass is 10.1. The maximum absolute atomic E-state index is 13.1. The average Bonchev–Trinajstić information content (AvgIpc) is 2.33. The van der Waals surface area contributed by atoms with Crippen LogP contribution in [0.4, 0.5) is 10.2 Å². The van der Waals surface area contributed by atoms with Gasteiger partial charge in [0.1, 0.15) is 5.82 Å². The largest absolute Gasteiger partial charge is 0.478 e. The van der Waals surface area contributed by atoms with Crippen molar-refractivity contribution >= 4 is 17.4 Å². The van der Waals surface area contributed by atoms with Gasteiger partial charge in [-0.3, -0.25) is 0 Å². The molecule has 0 atom stereocenters. The van der Waals surface area contributed by atoms with Crippen LogP contribution in [0, 0.1) is 5.82 Å². The summed E-state index contributed by atoms with van der Waals surface area (Å²) in [5, 5.41) is 0.382. The molecule has 0 amide bonds. The number of hydrogen-bond acceptors (Lipinski definition) is 4. The number of benzene rings is 1. The maximum atomic E-state index is 13.1. The number of halogens is 2. The van der Waals surface area contributed by atoms with Crippen molar-refractivity contribution in [2.45, 2.75) is 0 Å². The van der Waals surface area contributed by atoms with Gasteiger partial charge in [0.25, 0.3) is 5.88 Å². The number of ether oxygens (including phenoxy) is 1. The summed E-state index contributed by atoms with van der Waals surface area (Å²) in [4.78, 5) is 8.01. The first kappa shape index (κ1) is 11.6. The van der Waals surface area contributed by atoms with Gasteiger partial charge in [0.05, 0.1) is 24.0 Å². The molecule has 4 nitrogen and oxygen atoms in total. The molecule has 0 unspecified atom stereocenters. The standard InChI is InChI=1S/C11H9ClFN3O/c1-17-11-10(14)15-5-9(16-11)7-4-6(13)2-3-8(7)12/h2-5H,1H3,(H2,14,15). The Hall–Kier alpha value is -1.88. The van der Waals surface area contributed by atoms with Crippen molar-refractivity contribution in [3.05, 3.63) is 35.2 Å². The third-order valence-electron chi connectivity index (χ3n) is 2.16. The molecule has 2 N–H and O–H groups in total. The van der Waals surface area contributed by atoms with Crippen LogP contribution in [0.15, 0.2) is 24.4 Å². The molecule has 0 aliphatic heterocycles. The molecule has 2 rings (SSSR count). The zero-order chi connectivity index (χ0) is 12.4. The molecule has 6 heteroatoms. The summed E-state index contributed by atoms with van der Waals surface area (Å²) in [5.41, 5.74) is 6.39. The van der Waals surface area contributed by atoms with Gasteiger partial charge in [-0.2, -0.15) is 0 Å². The van der Waals surface area contributed by atoms with E-state index in [0.29, 0.717) is 16.3 Å². The van der Waals surface area contributed by atoms with Gasteiger partial charge in [-0.25, -0.2) is 14.4 Å². The zero-order valence-corrected chi connectivity index (χ0v) is 9.70. The fraction of sp³-hybridized carbons (Fsp3) is 0.0909. The van der Waals surface area contributed by atoms with E-state index in [0.717, 1.165) is 0 Å². The highest BCUT2D eigenvalue weighted by molar-refractivity contribution is 6.33. The van der Waals surface area contributed by atoms with E-state index in [1.165, 1.54) is 31.5 Å². The van der Waals surface area contributed by atoms with E-state index in [1.54, 1.807) is 0 Å². The van der Waals surface area contributed by atoms with E-state index in [-0.39, 0.29) is 11.7 Å². The smallest absolute Gasteiger partial charge is 0.257 e. The van der Waals surface area contributed by atoms with E-state index in [1.807, 2.05) is 0 Å². The first-order valence-electron chi connectivity index (χ1n) is 4.73. The number of nitrogen functional groups attached to an aromatic ring is 1. The number of aromatic nitrogens is 2. The van der Waals surface area contributed by atoms with Crippen molar-refractivity contribution < 1.29 is 9.13 Å². The van der Waals surface area contributed by atoms with Gasteiger partial charge in [-0.15, -0.1) is 0 Å². The van der Waals surface area contributed by atoms with Crippen LogP contribution in [0.25, 0.3) is 11.3 Å². The van der Waals surface area contributed by atoms with E-state index in [2.05, 4.69) is 9.97 Å². The van der Waals surface area contributed by atoms with Gasteiger partial charge in [0, 0.05) is 5.56 Å². The van der Waals surface area contributed by atoms with Crippen LogP contribution in [0.2, 0.25) is 5.02 Å². The number of rotatable bonds is 2. The van der Waals surface area contributed by atoms with Gasteiger partial charge in [-0.1, -0.05) is 11.6 Å². The van der Waals surface area contributed by atoms with Crippen LogP contribution in [-0.2, 0) is 0 Å². The van der Waals surface area contributed by atoms with Crippen LogP contribution in [0.3, 0.4) is 0 Å². The lowest BCUT2D eigenvalue weighted by molar-refractivity contribution is 0.399. The van der Waals surface area contributed by atoms with Crippen molar-refractivity contribution in [2.75, 3.05) is 12.8 Å². The Bertz CT molecular complexity index is 562. The molecule has 2 aromatic rings. The first-order valence-corrected chi connectivity index (χ1v) is 5.11. The van der Waals surface area contributed by atoms with Crippen molar-refractivity contribution in [2.24, 2.45) is 0 Å². The molecule has 17 heavy (non-hydrogen) atoms. The average molecular weight is 254 g/mol. The Kier molecular flexibility index (Phi) is 3.10. The molecular weight excluding hydrogens is 245 g/mol. The van der Waals surface area contributed by atoms with Crippen molar-refractivity contribution in [3.8, 4) is 17.1 Å².